The highest BCUT2D eigenvalue weighted by atomic mass is 35.5. The van der Waals surface area contributed by atoms with Gasteiger partial charge in [-0.15, -0.1) is 0 Å². The van der Waals surface area contributed by atoms with Crippen molar-refractivity contribution in [1.29, 1.82) is 0 Å². The van der Waals surface area contributed by atoms with Gasteiger partial charge in [0.15, 0.2) is 0 Å². The van der Waals surface area contributed by atoms with Crippen molar-refractivity contribution in [2.45, 2.75) is 19.4 Å². The van der Waals surface area contributed by atoms with Crippen LogP contribution in [-0.4, -0.2) is 38.8 Å². The SMILES string of the molecule is COc1ccc(CN(C)CC2CCOCC2)cc1Cl. The van der Waals surface area contributed by atoms with Crippen LogP contribution in [0.2, 0.25) is 5.02 Å². The van der Waals surface area contributed by atoms with Crippen molar-refractivity contribution in [3.63, 3.8) is 0 Å². The Hall–Kier alpha value is -0.770. The van der Waals surface area contributed by atoms with Crippen LogP contribution in [0.15, 0.2) is 18.2 Å². The Morgan fingerprint density at radius 2 is 2.11 bits per heavy atom. The molecule has 3 nitrogen and oxygen atoms in total. The second-order valence-corrected chi connectivity index (χ2v) is 5.63. The third-order valence-electron chi connectivity index (χ3n) is 3.58. The molecular formula is C15H22ClNO2. The van der Waals surface area contributed by atoms with E-state index in [1.54, 1.807) is 7.11 Å². The van der Waals surface area contributed by atoms with E-state index < -0.39 is 0 Å². The second kappa shape index (κ2) is 7.13. The largest absolute Gasteiger partial charge is 0.495 e. The van der Waals surface area contributed by atoms with E-state index in [2.05, 4.69) is 18.0 Å². The lowest BCUT2D eigenvalue weighted by Gasteiger charge is -2.27. The fourth-order valence-electron chi connectivity index (χ4n) is 2.55. The van der Waals surface area contributed by atoms with Gasteiger partial charge in [0.05, 0.1) is 12.1 Å². The fraction of sp³-hybridized carbons (Fsp3) is 0.600. The summed E-state index contributed by atoms with van der Waals surface area (Å²) in [6.45, 7) is 3.85. The maximum absolute atomic E-state index is 6.14. The number of hydrogen-bond donors (Lipinski definition) is 0. The maximum Gasteiger partial charge on any atom is 0.137 e. The minimum atomic E-state index is 0.680. The summed E-state index contributed by atoms with van der Waals surface area (Å²) in [7, 11) is 3.80. The quantitative estimate of drug-likeness (QED) is 0.828. The lowest BCUT2D eigenvalue weighted by atomic mass is 10.00. The number of hydrogen-bond acceptors (Lipinski definition) is 3. The molecule has 0 amide bonds. The molecule has 1 aliphatic rings. The highest BCUT2D eigenvalue weighted by Gasteiger charge is 2.16. The van der Waals surface area contributed by atoms with Gasteiger partial charge in [-0.05, 0) is 43.5 Å². The minimum Gasteiger partial charge on any atom is -0.495 e. The van der Waals surface area contributed by atoms with Crippen molar-refractivity contribution < 1.29 is 9.47 Å². The Bertz CT molecular complexity index is 405. The highest BCUT2D eigenvalue weighted by molar-refractivity contribution is 6.32. The summed E-state index contributed by atoms with van der Waals surface area (Å²) in [4.78, 5) is 2.36. The van der Waals surface area contributed by atoms with Crippen molar-refractivity contribution in [2.75, 3.05) is 33.9 Å². The van der Waals surface area contributed by atoms with Crippen LogP contribution in [0.1, 0.15) is 18.4 Å². The molecule has 1 heterocycles. The third-order valence-corrected chi connectivity index (χ3v) is 3.87. The van der Waals surface area contributed by atoms with Gasteiger partial charge >= 0.3 is 0 Å². The molecular weight excluding hydrogens is 262 g/mol. The van der Waals surface area contributed by atoms with Gasteiger partial charge in [0.2, 0.25) is 0 Å². The zero-order chi connectivity index (χ0) is 13.7. The zero-order valence-corrected chi connectivity index (χ0v) is 12.4. The summed E-state index contributed by atoms with van der Waals surface area (Å²) in [6, 6.07) is 5.99. The van der Waals surface area contributed by atoms with E-state index in [-0.39, 0.29) is 0 Å². The first-order valence-electron chi connectivity index (χ1n) is 6.77. The van der Waals surface area contributed by atoms with Gasteiger partial charge in [-0.2, -0.15) is 0 Å². The predicted octanol–water partition coefficient (Wildman–Crippen LogP) is 3.21. The van der Waals surface area contributed by atoms with Crippen LogP contribution in [0.25, 0.3) is 0 Å². The van der Waals surface area contributed by atoms with Crippen LogP contribution in [0.4, 0.5) is 0 Å². The monoisotopic (exact) mass is 283 g/mol. The number of methoxy groups -OCH3 is 1. The first-order chi connectivity index (χ1) is 9.19. The van der Waals surface area contributed by atoms with E-state index in [1.165, 1.54) is 18.4 Å². The fourth-order valence-corrected chi connectivity index (χ4v) is 2.83. The molecule has 0 spiro atoms. The topological polar surface area (TPSA) is 21.7 Å². The van der Waals surface area contributed by atoms with E-state index in [9.17, 15) is 0 Å². The van der Waals surface area contributed by atoms with Crippen molar-refractivity contribution in [1.82, 2.24) is 4.90 Å². The third kappa shape index (κ3) is 4.37. The normalized spacial score (nSPS) is 16.8. The summed E-state index contributed by atoms with van der Waals surface area (Å²) in [6.07, 6.45) is 2.35. The van der Waals surface area contributed by atoms with Crippen LogP contribution in [0.3, 0.4) is 0 Å². The average Bonchev–Trinajstić information content (AvgIpc) is 2.40. The first kappa shape index (κ1) is 14.6. The van der Waals surface area contributed by atoms with Crippen LogP contribution in [-0.2, 0) is 11.3 Å². The molecule has 0 bridgehead atoms. The number of nitrogens with zero attached hydrogens (tertiary/aromatic N) is 1. The minimum absolute atomic E-state index is 0.680. The molecule has 0 aliphatic carbocycles. The average molecular weight is 284 g/mol. The molecule has 1 aromatic carbocycles. The summed E-state index contributed by atoms with van der Waals surface area (Å²) in [5.41, 5.74) is 1.22. The Kier molecular flexibility index (Phi) is 5.49. The van der Waals surface area contributed by atoms with Crippen molar-refractivity contribution in [3.05, 3.63) is 28.8 Å². The van der Waals surface area contributed by atoms with Crippen LogP contribution in [0.5, 0.6) is 5.75 Å². The van der Waals surface area contributed by atoms with Crippen LogP contribution in [0, 0.1) is 5.92 Å². The highest BCUT2D eigenvalue weighted by Crippen LogP contribution is 2.25. The Balaban J connectivity index is 1.87. The van der Waals surface area contributed by atoms with Crippen molar-refractivity contribution >= 4 is 11.6 Å². The molecule has 0 aromatic heterocycles. The van der Waals surface area contributed by atoms with Crippen molar-refractivity contribution in [3.8, 4) is 5.75 Å². The summed E-state index contributed by atoms with van der Waals surface area (Å²) < 4.78 is 10.6. The van der Waals surface area contributed by atoms with E-state index >= 15 is 0 Å². The van der Waals surface area contributed by atoms with Gasteiger partial charge < -0.3 is 14.4 Å². The van der Waals surface area contributed by atoms with E-state index in [0.29, 0.717) is 5.02 Å². The molecule has 106 valence electrons. The molecule has 0 atom stereocenters. The molecule has 0 N–H and O–H groups in total. The molecule has 2 rings (SSSR count). The van der Waals surface area contributed by atoms with Gasteiger partial charge in [-0.1, -0.05) is 17.7 Å². The molecule has 1 fully saturated rings. The first-order valence-corrected chi connectivity index (χ1v) is 7.15. The summed E-state index contributed by atoms with van der Waals surface area (Å²) in [5, 5.41) is 0.680. The molecule has 1 aliphatic heterocycles. The number of ether oxygens (including phenoxy) is 2. The Labute approximate surface area is 120 Å². The molecule has 19 heavy (non-hydrogen) atoms. The van der Waals surface area contributed by atoms with Crippen molar-refractivity contribution in [2.24, 2.45) is 5.92 Å². The van der Waals surface area contributed by atoms with E-state index in [4.69, 9.17) is 21.1 Å². The molecule has 1 aromatic rings. The Morgan fingerprint density at radius 1 is 1.37 bits per heavy atom. The molecule has 0 radical (unpaired) electrons. The van der Waals surface area contributed by atoms with Crippen LogP contribution < -0.4 is 4.74 Å². The molecule has 0 saturated carbocycles. The smallest absolute Gasteiger partial charge is 0.137 e. The second-order valence-electron chi connectivity index (χ2n) is 5.22. The number of benzene rings is 1. The number of halogens is 1. The predicted molar refractivity (Wildman–Crippen MR) is 77.9 cm³/mol. The van der Waals surface area contributed by atoms with Gasteiger partial charge in [-0.3, -0.25) is 0 Å². The summed E-state index contributed by atoms with van der Waals surface area (Å²) >= 11 is 6.14. The maximum atomic E-state index is 6.14. The number of rotatable bonds is 5. The lowest BCUT2D eigenvalue weighted by molar-refractivity contribution is 0.0549. The molecule has 0 unspecified atom stereocenters. The van der Waals surface area contributed by atoms with Gasteiger partial charge in [0.1, 0.15) is 5.75 Å². The van der Waals surface area contributed by atoms with Gasteiger partial charge in [-0.25, -0.2) is 0 Å². The Morgan fingerprint density at radius 3 is 2.74 bits per heavy atom. The van der Waals surface area contributed by atoms with E-state index in [1.807, 2.05) is 12.1 Å². The summed E-state index contributed by atoms with van der Waals surface area (Å²) in [5.74, 6) is 1.49. The van der Waals surface area contributed by atoms with Gasteiger partial charge in [0.25, 0.3) is 0 Å². The zero-order valence-electron chi connectivity index (χ0n) is 11.7. The standard InChI is InChI=1S/C15H22ClNO2/c1-17(10-12-5-7-19-8-6-12)11-13-3-4-15(18-2)14(16)9-13/h3-4,9,12H,5-8,10-11H2,1-2H3. The van der Waals surface area contributed by atoms with E-state index in [0.717, 1.165) is 38.0 Å². The van der Waals surface area contributed by atoms with Crippen LogP contribution >= 0.6 is 11.6 Å². The molecule has 4 heteroatoms. The lowest BCUT2D eigenvalue weighted by Crippen LogP contribution is -2.29. The van der Waals surface area contributed by atoms with Gasteiger partial charge in [0, 0.05) is 26.3 Å². The molecule has 1 saturated heterocycles.